The van der Waals surface area contributed by atoms with Crippen LogP contribution in [0, 0.1) is 17.8 Å². The second-order valence-corrected chi connectivity index (χ2v) is 10.6. The number of rotatable bonds is 5. The van der Waals surface area contributed by atoms with Gasteiger partial charge in [0, 0.05) is 5.02 Å². The minimum atomic E-state index is -0.689. The molecule has 1 heterocycles. The molecule has 1 fully saturated rings. The quantitative estimate of drug-likeness (QED) is 0.543. The van der Waals surface area contributed by atoms with Crippen LogP contribution in [0.5, 0.6) is 0 Å². The maximum Gasteiger partial charge on any atom is 0.408 e. The van der Waals surface area contributed by atoms with Crippen molar-refractivity contribution < 1.29 is 19.1 Å². The molecular weight excluding hydrogens is 414 g/mol. The summed E-state index contributed by atoms with van der Waals surface area (Å²) in [5.74, 6) is 0.751. The van der Waals surface area contributed by atoms with Crippen LogP contribution < -0.4 is 5.32 Å². The van der Waals surface area contributed by atoms with Crippen molar-refractivity contribution in [1.82, 2.24) is 5.32 Å². The lowest BCUT2D eigenvalue weighted by molar-refractivity contribution is -0.154. The van der Waals surface area contributed by atoms with E-state index >= 15 is 0 Å². The van der Waals surface area contributed by atoms with Crippen LogP contribution in [-0.2, 0) is 20.7 Å². The molecule has 0 radical (unpaired) electrons. The van der Waals surface area contributed by atoms with Crippen LogP contribution in [0.15, 0.2) is 24.3 Å². The second-order valence-electron chi connectivity index (χ2n) is 10.2. The minimum absolute atomic E-state index is 0.228. The van der Waals surface area contributed by atoms with Gasteiger partial charge in [-0.05, 0) is 88.8 Å². The highest BCUT2D eigenvalue weighted by molar-refractivity contribution is 6.30. The summed E-state index contributed by atoms with van der Waals surface area (Å²) in [5.41, 5.74) is 0.621. The van der Waals surface area contributed by atoms with Gasteiger partial charge in [0.15, 0.2) is 0 Å². The van der Waals surface area contributed by atoms with E-state index in [4.69, 9.17) is 21.1 Å². The van der Waals surface area contributed by atoms with Crippen molar-refractivity contribution in [3.63, 3.8) is 0 Å². The molecule has 1 aliphatic heterocycles. The molecule has 0 bridgehead atoms. The molecule has 1 N–H and O–H groups in total. The first-order valence-electron chi connectivity index (χ1n) is 11.4. The zero-order valence-electron chi connectivity index (χ0n) is 19.7. The number of esters is 1. The highest BCUT2D eigenvalue weighted by Gasteiger charge is 2.35. The van der Waals surface area contributed by atoms with Gasteiger partial charge in [-0.25, -0.2) is 9.59 Å². The molecule has 2 rings (SSSR count). The molecule has 174 valence electrons. The van der Waals surface area contributed by atoms with Crippen molar-refractivity contribution in [3.8, 4) is 0 Å². The molecule has 1 amide bonds. The summed E-state index contributed by atoms with van der Waals surface area (Å²) in [7, 11) is 0. The average molecular weight is 452 g/mol. The number of halogens is 1. The highest BCUT2D eigenvalue weighted by atomic mass is 35.5. The van der Waals surface area contributed by atoms with Crippen molar-refractivity contribution in [2.24, 2.45) is 17.8 Å². The number of alkyl carbamates (subject to hydrolysis) is 1. The van der Waals surface area contributed by atoms with E-state index < -0.39 is 17.7 Å². The predicted molar refractivity (Wildman–Crippen MR) is 124 cm³/mol. The van der Waals surface area contributed by atoms with Crippen molar-refractivity contribution in [1.29, 1.82) is 0 Å². The molecule has 0 aliphatic carbocycles. The first-order chi connectivity index (χ1) is 14.4. The van der Waals surface area contributed by atoms with Gasteiger partial charge >= 0.3 is 12.1 Å². The van der Waals surface area contributed by atoms with Crippen LogP contribution in [-0.4, -0.2) is 29.8 Å². The molecule has 1 aromatic carbocycles. The van der Waals surface area contributed by atoms with Gasteiger partial charge in [-0.3, -0.25) is 0 Å². The number of ether oxygens (including phenoxy) is 2. The van der Waals surface area contributed by atoms with Crippen molar-refractivity contribution >= 4 is 23.7 Å². The van der Waals surface area contributed by atoms with E-state index in [1.54, 1.807) is 20.8 Å². The summed E-state index contributed by atoms with van der Waals surface area (Å²) in [6, 6.07) is 7.31. The number of benzene rings is 1. The van der Waals surface area contributed by atoms with Crippen LogP contribution >= 0.6 is 11.6 Å². The Balaban J connectivity index is 2.17. The molecule has 0 unspecified atom stereocenters. The third-order valence-electron chi connectivity index (χ3n) is 5.71. The Bertz CT molecular complexity index is 726. The van der Waals surface area contributed by atoms with Gasteiger partial charge in [-0.15, -0.1) is 0 Å². The zero-order valence-corrected chi connectivity index (χ0v) is 20.5. The molecule has 0 spiro atoms. The van der Waals surface area contributed by atoms with Crippen LogP contribution in [0.3, 0.4) is 0 Å². The van der Waals surface area contributed by atoms with Gasteiger partial charge in [-0.2, -0.15) is 0 Å². The number of hydrogen-bond acceptors (Lipinski definition) is 4. The number of amides is 1. The number of hydrogen-bond donors (Lipinski definition) is 1. The summed E-state index contributed by atoms with van der Waals surface area (Å²) < 4.78 is 11.2. The van der Waals surface area contributed by atoms with Gasteiger partial charge in [-0.1, -0.05) is 44.0 Å². The topological polar surface area (TPSA) is 64.6 Å². The summed E-state index contributed by atoms with van der Waals surface area (Å²) in [6.45, 7) is 11.8. The van der Waals surface area contributed by atoms with E-state index in [-0.39, 0.29) is 18.0 Å². The van der Waals surface area contributed by atoms with Crippen molar-refractivity contribution in [2.75, 3.05) is 0 Å². The Morgan fingerprint density at radius 1 is 1.23 bits per heavy atom. The molecule has 4 atom stereocenters. The Morgan fingerprint density at radius 2 is 1.87 bits per heavy atom. The van der Waals surface area contributed by atoms with Crippen LogP contribution in [0.1, 0.15) is 72.8 Å². The van der Waals surface area contributed by atoms with E-state index in [1.807, 2.05) is 19.1 Å². The molecule has 1 saturated heterocycles. The fourth-order valence-electron chi connectivity index (χ4n) is 4.34. The van der Waals surface area contributed by atoms with Gasteiger partial charge < -0.3 is 14.8 Å². The fraction of sp³-hybridized carbons (Fsp3) is 0.680. The summed E-state index contributed by atoms with van der Waals surface area (Å²) in [5, 5.41) is 3.45. The van der Waals surface area contributed by atoms with Crippen LogP contribution in [0.25, 0.3) is 0 Å². The van der Waals surface area contributed by atoms with Crippen LogP contribution in [0.4, 0.5) is 4.79 Å². The van der Waals surface area contributed by atoms with Gasteiger partial charge in [0.05, 0.1) is 0 Å². The molecular formula is C25H38ClNO4. The van der Waals surface area contributed by atoms with E-state index in [0.29, 0.717) is 18.3 Å². The largest absolute Gasteiger partial charge is 0.461 e. The number of cyclic esters (lactones) is 1. The Hall–Kier alpha value is -1.75. The highest BCUT2D eigenvalue weighted by Crippen LogP contribution is 2.34. The van der Waals surface area contributed by atoms with E-state index in [1.165, 1.54) is 5.56 Å². The van der Waals surface area contributed by atoms with E-state index in [2.05, 4.69) is 31.3 Å². The number of nitrogens with one attached hydrogen (secondary N) is 1. The maximum absolute atomic E-state index is 12.9. The van der Waals surface area contributed by atoms with Crippen molar-refractivity contribution in [2.45, 2.75) is 91.4 Å². The predicted octanol–water partition coefficient (Wildman–Crippen LogP) is 6.17. The van der Waals surface area contributed by atoms with Gasteiger partial charge in [0.25, 0.3) is 0 Å². The summed E-state index contributed by atoms with van der Waals surface area (Å²) >= 11 is 6.06. The van der Waals surface area contributed by atoms with E-state index in [9.17, 15) is 9.59 Å². The van der Waals surface area contributed by atoms with Gasteiger partial charge in [0.2, 0.25) is 0 Å². The normalized spacial score (nSPS) is 25.2. The molecule has 1 aromatic rings. The standard InChI is InChI=1S/C25H38ClNO4/c1-16(2)14-21-17(3)30-23(28)22(27-24(29)31-25(4,5)6)9-7-8-19(21)15-18-10-12-20(26)13-11-18/h10-13,16-17,19,21-22H,7-9,14-15H2,1-6H3,(H,27,29)/t17-,19+,21-,22-/m0/s1. The molecule has 0 saturated carbocycles. The first kappa shape index (κ1) is 25.5. The Kier molecular flexibility index (Phi) is 9.23. The average Bonchev–Trinajstić information content (AvgIpc) is 2.68. The summed E-state index contributed by atoms with van der Waals surface area (Å²) in [4.78, 5) is 25.1. The van der Waals surface area contributed by atoms with Gasteiger partial charge in [0.1, 0.15) is 17.7 Å². The molecule has 1 aliphatic rings. The zero-order chi connectivity index (χ0) is 23.2. The van der Waals surface area contributed by atoms with Crippen LogP contribution in [0.2, 0.25) is 5.02 Å². The van der Waals surface area contributed by atoms with E-state index in [0.717, 1.165) is 30.7 Å². The Morgan fingerprint density at radius 3 is 2.45 bits per heavy atom. The molecule has 31 heavy (non-hydrogen) atoms. The third kappa shape index (κ3) is 8.72. The SMILES string of the molecule is CC(C)C[C@@H]1[C@@H](Cc2ccc(Cl)cc2)CCC[C@H](NC(=O)OC(C)(C)C)C(=O)O[C@H]1C. The Labute approximate surface area is 192 Å². The molecule has 6 heteroatoms. The maximum atomic E-state index is 12.9. The smallest absolute Gasteiger partial charge is 0.408 e. The van der Waals surface area contributed by atoms with Crippen molar-refractivity contribution in [3.05, 3.63) is 34.9 Å². The lowest BCUT2D eigenvalue weighted by Gasteiger charge is -2.32. The second kappa shape index (κ2) is 11.2. The molecule has 0 aromatic heterocycles. The number of carbonyl (C=O) groups excluding carboxylic acids is 2. The lowest BCUT2D eigenvalue weighted by atomic mass is 9.76. The number of carbonyl (C=O) groups is 2. The lowest BCUT2D eigenvalue weighted by Crippen LogP contribution is -2.45. The fourth-order valence-corrected chi connectivity index (χ4v) is 4.46. The summed E-state index contributed by atoms with van der Waals surface area (Å²) in [6.07, 6.45) is 3.42. The monoisotopic (exact) mass is 451 g/mol. The molecule has 5 nitrogen and oxygen atoms in total. The first-order valence-corrected chi connectivity index (χ1v) is 11.8. The minimum Gasteiger partial charge on any atom is -0.461 e. The third-order valence-corrected chi connectivity index (χ3v) is 5.96.